The molecular weight excluding hydrogens is 416 g/mol. The maximum Gasteiger partial charge on any atom is 0.254 e. The molecular formula is C24H23F2N3O3. The van der Waals surface area contributed by atoms with Gasteiger partial charge >= 0.3 is 0 Å². The minimum absolute atomic E-state index is 0.0813. The molecule has 1 heterocycles. The second-order valence-electron chi connectivity index (χ2n) is 7.95. The molecule has 3 amide bonds. The molecule has 2 fully saturated rings. The molecule has 0 bridgehead atoms. The maximum atomic E-state index is 13.4. The fourth-order valence-electron chi connectivity index (χ4n) is 3.46. The Morgan fingerprint density at radius 3 is 2.09 bits per heavy atom. The zero-order chi connectivity index (χ0) is 22.7. The van der Waals surface area contributed by atoms with Crippen molar-refractivity contribution in [3.8, 4) is 0 Å². The third kappa shape index (κ3) is 5.19. The van der Waals surface area contributed by atoms with Crippen molar-refractivity contribution >= 4 is 23.8 Å². The van der Waals surface area contributed by atoms with E-state index >= 15 is 0 Å². The highest BCUT2D eigenvalue weighted by Gasteiger charge is 2.25. The van der Waals surface area contributed by atoms with Crippen molar-refractivity contribution in [2.45, 2.75) is 18.9 Å². The van der Waals surface area contributed by atoms with Gasteiger partial charge in [-0.3, -0.25) is 14.4 Å². The highest BCUT2D eigenvalue weighted by molar-refractivity contribution is 5.96. The monoisotopic (exact) mass is 439 g/mol. The summed E-state index contributed by atoms with van der Waals surface area (Å²) in [5, 5.41) is 2.93. The van der Waals surface area contributed by atoms with Crippen LogP contribution in [0.15, 0.2) is 48.5 Å². The van der Waals surface area contributed by atoms with Gasteiger partial charge in [-0.05, 0) is 54.8 Å². The van der Waals surface area contributed by atoms with Crippen molar-refractivity contribution in [2.24, 2.45) is 0 Å². The first kappa shape index (κ1) is 21.7. The summed E-state index contributed by atoms with van der Waals surface area (Å²) < 4.78 is 26.5. The van der Waals surface area contributed by atoms with Crippen LogP contribution in [0.2, 0.25) is 0 Å². The van der Waals surface area contributed by atoms with Gasteiger partial charge in [0, 0.05) is 49.4 Å². The molecule has 166 valence electrons. The molecule has 1 N–H and O–H groups in total. The van der Waals surface area contributed by atoms with Gasteiger partial charge in [-0.15, -0.1) is 0 Å². The lowest BCUT2D eigenvalue weighted by Crippen LogP contribution is -2.50. The van der Waals surface area contributed by atoms with E-state index in [1.54, 1.807) is 35.2 Å². The smallest absolute Gasteiger partial charge is 0.254 e. The maximum absolute atomic E-state index is 13.4. The van der Waals surface area contributed by atoms with E-state index < -0.39 is 17.5 Å². The Kier molecular flexibility index (Phi) is 6.30. The summed E-state index contributed by atoms with van der Waals surface area (Å²) >= 11 is 0. The Bertz CT molecular complexity index is 1060. The molecule has 0 radical (unpaired) electrons. The van der Waals surface area contributed by atoms with Gasteiger partial charge in [0.25, 0.3) is 11.8 Å². The van der Waals surface area contributed by atoms with Crippen molar-refractivity contribution in [1.29, 1.82) is 0 Å². The van der Waals surface area contributed by atoms with Crippen molar-refractivity contribution in [2.75, 3.05) is 26.2 Å². The number of nitrogens with one attached hydrogen (secondary N) is 1. The number of hydrogen-bond donors (Lipinski definition) is 1. The number of carbonyl (C=O) groups excluding carboxylic acids is 3. The van der Waals surface area contributed by atoms with Gasteiger partial charge in [0.2, 0.25) is 5.91 Å². The second kappa shape index (κ2) is 9.30. The summed E-state index contributed by atoms with van der Waals surface area (Å²) in [5.74, 6) is -2.72. The van der Waals surface area contributed by atoms with E-state index in [0.29, 0.717) is 37.8 Å². The van der Waals surface area contributed by atoms with E-state index in [1.165, 1.54) is 17.0 Å². The quantitative estimate of drug-likeness (QED) is 0.729. The first-order valence-electron chi connectivity index (χ1n) is 10.5. The summed E-state index contributed by atoms with van der Waals surface area (Å²) in [7, 11) is 0. The molecule has 0 unspecified atom stereocenters. The van der Waals surface area contributed by atoms with Gasteiger partial charge in [-0.2, -0.15) is 0 Å². The van der Waals surface area contributed by atoms with Gasteiger partial charge in [-0.25, -0.2) is 8.78 Å². The molecule has 1 aliphatic heterocycles. The molecule has 4 rings (SSSR count). The minimum atomic E-state index is -1.06. The minimum Gasteiger partial charge on any atom is -0.349 e. The molecule has 2 aromatic rings. The lowest BCUT2D eigenvalue weighted by molar-refractivity contribution is -0.127. The molecule has 8 heteroatoms. The summed E-state index contributed by atoms with van der Waals surface area (Å²) in [5.41, 5.74) is 1.47. The Balaban J connectivity index is 1.28. The van der Waals surface area contributed by atoms with Crippen LogP contribution < -0.4 is 5.32 Å². The fourth-order valence-corrected chi connectivity index (χ4v) is 3.46. The van der Waals surface area contributed by atoms with Gasteiger partial charge in [0.15, 0.2) is 11.6 Å². The average Bonchev–Trinajstić information content (AvgIpc) is 3.63. The van der Waals surface area contributed by atoms with Crippen molar-refractivity contribution in [3.05, 3.63) is 76.9 Å². The van der Waals surface area contributed by atoms with Crippen molar-refractivity contribution < 1.29 is 23.2 Å². The normalized spacial score (nSPS) is 16.3. The van der Waals surface area contributed by atoms with Gasteiger partial charge in [0.05, 0.1) is 0 Å². The van der Waals surface area contributed by atoms with Gasteiger partial charge < -0.3 is 15.1 Å². The lowest BCUT2D eigenvalue weighted by atomic mass is 10.1. The number of rotatable bonds is 5. The molecule has 1 saturated carbocycles. The number of nitrogens with zero attached hydrogens (tertiary/aromatic N) is 2. The summed E-state index contributed by atoms with van der Waals surface area (Å²) in [6.07, 6.45) is 5.21. The van der Waals surface area contributed by atoms with Crippen molar-refractivity contribution in [3.63, 3.8) is 0 Å². The molecule has 2 aromatic carbocycles. The Morgan fingerprint density at radius 2 is 1.47 bits per heavy atom. The molecule has 1 aliphatic carbocycles. The van der Waals surface area contributed by atoms with Crippen LogP contribution in [0.1, 0.15) is 39.1 Å². The van der Waals surface area contributed by atoms with Crippen LogP contribution in [-0.4, -0.2) is 59.7 Å². The summed E-state index contributed by atoms with van der Waals surface area (Å²) in [6.45, 7) is 1.31. The van der Waals surface area contributed by atoms with Crippen LogP contribution in [0.5, 0.6) is 0 Å². The van der Waals surface area contributed by atoms with Crippen LogP contribution in [-0.2, 0) is 4.79 Å². The van der Waals surface area contributed by atoms with Gasteiger partial charge in [0.1, 0.15) is 0 Å². The van der Waals surface area contributed by atoms with E-state index in [-0.39, 0.29) is 17.4 Å². The Labute approximate surface area is 184 Å². The zero-order valence-electron chi connectivity index (χ0n) is 17.4. The van der Waals surface area contributed by atoms with Gasteiger partial charge in [-0.1, -0.05) is 12.1 Å². The molecule has 1 saturated heterocycles. The zero-order valence-corrected chi connectivity index (χ0v) is 17.4. The highest BCUT2D eigenvalue weighted by atomic mass is 19.2. The Hall–Kier alpha value is -3.55. The lowest BCUT2D eigenvalue weighted by Gasteiger charge is -2.34. The van der Waals surface area contributed by atoms with Crippen molar-refractivity contribution in [1.82, 2.24) is 15.1 Å². The van der Waals surface area contributed by atoms with Crippen LogP contribution in [0.25, 0.3) is 6.08 Å². The Morgan fingerprint density at radius 1 is 0.844 bits per heavy atom. The SMILES string of the molecule is O=C(NC1CC1)c1ccc(/C=C/C(=O)N2CCN(C(=O)c3ccc(F)c(F)c3)CC2)cc1. The molecule has 2 aliphatic rings. The average molecular weight is 439 g/mol. The molecule has 0 aromatic heterocycles. The third-order valence-electron chi connectivity index (χ3n) is 5.55. The van der Waals surface area contributed by atoms with E-state index in [0.717, 1.165) is 30.5 Å². The third-order valence-corrected chi connectivity index (χ3v) is 5.55. The predicted molar refractivity (Wildman–Crippen MR) is 115 cm³/mol. The molecule has 0 spiro atoms. The highest BCUT2D eigenvalue weighted by Crippen LogP contribution is 2.19. The van der Waals surface area contributed by atoms with E-state index in [9.17, 15) is 23.2 Å². The molecule has 32 heavy (non-hydrogen) atoms. The predicted octanol–water partition coefficient (Wildman–Crippen LogP) is 2.85. The first-order chi connectivity index (χ1) is 15.4. The molecule has 6 nitrogen and oxygen atoms in total. The second-order valence-corrected chi connectivity index (χ2v) is 7.95. The largest absolute Gasteiger partial charge is 0.349 e. The summed E-state index contributed by atoms with van der Waals surface area (Å²) in [4.78, 5) is 40.1. The fraction of sp³-hybridized carbons (Fsp3) is 0.292. The summed E-state index contributed by atoms with van der Waals surface area (Å²) in [6, 6.07) is 10.4. The number of benzene rings is 2. The first-order valence-corrected chi connectivity index (χ1v) is 10.5. The number of amides is 3. The standard InChI is InChI=1S/C24H23F2N3O3/c25-20-9-6-18(15-21(20)26)24(32)29-13-11-28(12-14-29)22(30)10-3-16-1-4-17(5-2-16)23(31)27-19-7-8-19/h1-6,9-10,15,19H,7-8,11-14H2,(H,27,31)/b10-3+. The topological polar surface area (TPSA) is 69.7 Å². The van der Waals surface area contributed by atoms with E-state index in [4.69, 9.17) is 0 Å². The number of hydrogen-bond acceptors (Lipinski definition) is 3. The van der Waals surface area contributed by atoms with Crippen LogP contribution >= 0.6 is 0 Å². The molecule has 0 atom stereocenters. The van der Waals surface area contributed by atoms with Crippen LogP contribution in [0, 0.1) is 11.6 Å². The number of carbonyl (C=O) groups is 3. The van der Waals surface area contributed by atoms with Crippen LogP contribution in [0.4, 0.5) is 8.78 Å². The van der Waals surface area contributed by atoms with E-state index in [1.807, 2.05) is 0 Å². The number of piperazine rings is 1. The van der Waals surface area contributed by atoms with Crippen LogP contribution in [0.3, 0.4) is 0 Å². The number of halogens is 2. The van der Waals surface area contributed by atoms with E-state index in [2.05, 4.69) is 5.32 Å².